The van der Waals surface area contributed by atoms with E-state index in [-0.39, 0.29) is 11.7 Å². The third-order valence-electron chi connectivity index (χ3n) is 4.01. The largest absolute Gasteiger partial charge is 0.355 e. The number of hydrogen-bond donors (Lipinski definition) is 1. The summed E-state index contributed by atoms with van der Waals surface area (Å²) in [6.45, 7) is 4.80. The molecule has 0 radical (unpaired) electrons. The van der Waals surface area contributed by atoms with Crippen molar-refractivity contribution in [2.45, 2.75) is 25.4 Å². The van der Waals surface area contributed by atoms with Crippen molar-refractivity contribution in [2.24, 2.45) is 5.92 Å². The van der Waals surface area contributed by atoms with Crippen molar-refractivity contribution >= 4 is 29.3 Å². The second-order valence-electron chi connectivity index (χ2n) is 6.86. The molecule has 28 heavy (non-hydrogen) atoms. The Bertz CT molecular complexity index is 927. The second-order valence-corrected chi connectivity index (χ2v) is 8.24. The predicted molar refractivity (Wildman–Crippen MR) is 114 cm³/mol. The van der Waals surface area contributed by atoms with Gasteiger partial charge in [0.05, 0.1) is 11.4 Å². The van der Waals surface area contributed by atoms with E-state index in [0.717, 1.165) is 17.1 Å². The number of aromatic nitrogens is 3. The molecule has 0 aliphatic carbocycles. The van der Waals surface area contributed by atoms with Crippen molar-refractivity contribution in [1.29, 1.82) is 0 Å². The van der Waals surface area contributed by atoms with Gasteiger partial charge in [-0.2, -0.15) is 0 Å². The van der Waals surface area contributed by atoms with Gasteiger partial charge in [-0.15, -0.1) is 10.2 Å². The van der Waals surface area contributed by atoms with Crippen LogP contribution in [0, 0.1) is 5.92 Å². The first-order valence-corrected chi connectivity index (χ1v) is 10.5. The summed E-state index contributed by atoms with van der Waals surface area (Å²) in [6.07, 6.45) is 0.639. The van der Waals surface area contributed by atoms with E-state index >= 15 is 0 Å². The number of rotatable bonds is 8. The fraction of sp³-hybridized carbons (Fsp3) is 0.286. The predicted octanol–water partition coefficient (Wildman–Crippen LogP) is 4.38. The van der Waals surface area contributed by atoms with Gasteiger partial charge in [-0.05, 0) is 29.7 Å². The Morgan fingerprint density at radius 2 is 1.93 bits per heavy atom. The fourth-order valence-electron chi connectivity index (χ4n) is 2.66. The summed E-state index contributed by atoms with van der Waals surface area (Å²) in [5.74, 6) is 1.50. The normalized spacial score (nSPS) is 11.0. The summed E-state index contributed by atoms with van der Waals surface area (Å²) in [5.41, 5.74) is 2.03. The van der Waals surface area contributed by atoms with Crippen molar-refractivity contribution < 1.29 is 4.79 Å². The number of halogens is 1. The van der Waals surface area contributed by atoms with Crippen LogP contribution in [-0.4, -0.2) is 33.0 Å². The maximum Gasteiger partial charge on any atom is 0.230 e. The first-order chi connectivity index (χ1) is 13.5. The van der Waals surface area contributed by atoms with Gasteiger partial charge in [0.2, 0.25) is 5.91 Å². The van der Waals surface area contributed by atoms with Crippen molar-refractivity contribution in [3.63, 3.8) is 0 Å². The van der Waals surface area contributed by atoms with Crippen LogP contribution in [0.15, 0.2) is 59.8 Å². The highest BCUT2D eigenvalue weighted by atomic mass is 35.5. The van der Waals surface area contributed by atoms with Gasteiger partial charge in [-0.3, -0.25) is 9.36 Å². The quantitative estimate of drug-likeness (QED) is 0.556. The number of thioether (sulfide) groups is 1. The van der Waals surface area contributed by atoms with Crippen LogP contribution in [0.25, 0.3) is 5.69 Å². The topological polar surface area (TPSA) is 59.8 Å². The van der Waals surface area contributed by atoms with Crippen molar-refractivity contribution in [3.05, 3.63) is 71.0 Å². The van der Waals surface area contributed by atoms with E-state index in [1.165, 1.54) is 11.8 Å². The molecular weight excluding hydrogens is 392 g/mol. The molecule has 0 fully saturated rings. The Morgan fingerprint density at radius 3 is 2.64 bits per heavy atom. The minimum absolute atomic E-state index is 0.0102. The van der Waals surface area contributed by atoms with Gasteiger partial charge in [0, 0.05) is 18.0 Å². The lowest BCUT2D eigenvalue weighted by molar-refractivity contribution is -0.118. The number of carbonyl (C=O) groups excluding carboxylic acids is 1. The van der Waals surface area contributed by atoms with Crippen LogP contribution < -0.4 is 5.32 Å². The summed E-state index contributed by atoms with van der Waals surface area (Å²) in [4.78, 5) is 12.1. The molecule has 1 amide bonds. The Balaban J connectivity index is 1.84. The van der Waals surface area contributed by atoms with Crippen LogP contribution in [0.5, 0.6) is 0 Å². The Kier molecular flexibility index (Phi) is 7.12. The number of nitrogens with zero attached hydrogens (tertiary/aromatic N) is 3. The van der Waals surface area contributed by atoms with Crippen LogP contribution in [0.2, 0.25) is 5.02 Å². The highest BCUT2D eigenvalue weighted by Crippen LogP contribution is 2.25. The molecule has 0 aliphatic heterocycles. The van der Waals surface area contributed by atoms with Crippen LogP contribution in [-0.2, 0) is 11.2 Å². The fourth-order valence-corrected chi connectivity index (χ4v) is 3.65. The van der Waals surface area contributed by atoms with Gasteiger partial charge in [0.1, 0.15) is 5.82 Å². The number of benzene rings is 2. The molecule has 0 saturated heterocycles. The first-order valence-electron chi connectivity index (χ1n) is 9.16. The smallest absolute Gasteiger partial charge is 0.230 e. The van der Waals surface area contributed by atoms with E-state index in [1.54, 1.807) is 0 Å². The number of nitrogens with one attached hydrogen (secondary N) is 1. The van der Waals surface area contributed by atoms with Crippen LogP contribution in [0.3, 0.4) is 0 Å². The van der Waals surface area contributed by atoms with Crippen molar-refractivity contribution in [2.75, 3.05) is 12.3 Å². The molecule has 3 rings (SSSR count). The summed E-state index contributed by atoms with van der Waals surface area (Å²) >= 11 is 7.57. The van der Waals surface area contributed by atoms with E-state index < -0.39 is 0 Å². The summed E-state index contributed by atoms with van der Waals surface area (Å²) in [5, 5.41) is 13.0. The lowest BCUT2D eigenvalue weighted by atomic mass is 10.1. The Morgan fingerprint density at radius 1 is 1.14 bits per heavy atom. The molecule has 5 nitrogen and oxygen atoms in total. The lowest BCUT2D eigenvalue weighted by Gasteiger charge is -2.11. The zero-order valence-corrected chi connectivity index (χ0v) is 17.5. The molecule has 0 spiro atoms. The van der Waals surface area contributed by atoms with E-state index in [0.29, 0.717) is 29.1 Å². The van der Waals surface area contributed by atoms with Gasteiger partial charge >= 0.3 is 0 Å². The minimum Gasteiger partial charge on any atom is -0.355 e. The maximum absolute atomic E-state index is 12.1. The average molecular weight is 415 g/mol. The highest BCUT2D eigenvalue weighted by molar-refractivity contribution is 7.99. The van der Waals surface area contributed by atoms with Gasteiger partial charge < -0.3 is 5.32 Å². The molecule has 0 aliphatic rings. The second kappa shape index (κ2) is 9.75. The van der Waals surface area contributed by atoms with E-state index in [2.05, 4.69) is 41.5 Å². The first kappa shape index (κ1) is 20.4. The standard InChI is InChI=1S/C21H23ClN4OS/c1-15(2)13-23-20(27)14-28-21-25-24-19(11-16-7-4-3-5-8-16)26(21)18-10-6-9-17(22)12-18/h3-10,12,15H,11,13-14H2,1-2H3,(H,23,27). The Labute approximate surface area is 174 Å². The molecule has 0 saturated carbocycles. The maximum atomic E-state index is 12.1. The van der Waals surface area contributed by atoms with Gasteiger partial charge in [0.15, 0.2) is 5.16 Å². The molecule has 2 aromatic carbocycles. The number of hydrogen-bond acceptors (Lipinski definition) is 4. The molecule has 146 valence electrons. The van der Waals surface area contributed by atoms with E-state index in [9.17, 15) is 4.79 Å². The molecule has 1 heterocycles. The monoisotopic (exact) mass is 414 g/mol. The van der Waals surface area contributed by atoms with Crippen LogP contribution in [0.4, 0.5) is 0 Å². The minimum atomic E-state index is -0.0102. The van der Waals surface area contributed by atoms with Crippen molar-refractivity contribution in [3.8, 4) is 5.69 Å². The Hall–Kier alpha value is -2.31. The molecule has 0 unspecified atom stereocenters. The van der Waals surface area contributed by atoms with Crippen LogP contribution >= 0.6 is 23.4 Å². The molecule has 0 atom stereocenters. The summed E-state index contributed by atoms with van der Waals surface area (Å²) < 4.78 is 1.97. The lowest BCUT2D eigenvalue weighted by Crippen LogP contribution is -2.28. The van der Waals surface area contributed by atoms with E-state index in [1.807, 2.05) is 47.0 Å². The number of carbonyl (C=O) groups is 1. The zero-order valence-electron chi connectivity index (χ0n) is 15.9. The average Bonchev–Trinajstić information content (AvgIpc) is 3.08. The summed E-state index contributed by atoms with van der Waals surface area (Å²) in [7, 11) is 0. The molecule has 1 aromatic heterocycles. The molecule has 7 heteroatoms. The summed E-state index contributed by atoms with van der Waals surface area (Å²) in [6, 6.07) is 17.7. The molecular formula is C21H23ClN4OS. The van der Waals surface area contributed by atoms with Gasteiger partial charge in [0.25, 0.3) is 0 Å². The number of amides is 1. The van der Waals surface area contributed by atoms with E-state index in [4.69, 9.17) is 11.6 Å². The molecule has 1 N–H and O–H groups in total. The van der Waals surface area contributed by atoms with Gasteiger partial charge in [-0.25, -0.2) is 0 Å². The van der Waals surface area contributed by atoms with Crippen molar-refractivity contribution in [1.82, 2.24) is 20.1 Å². The third-order valence-corrected chi connectivity index (χ3v) is 5.18. The molecule has 3 aromatic rings. The SMILES string of the molecule is CC(C)CNC(=O)CSc1nnc(Cc2ccccc2)n1-c1cccc(Cl)c1. The molecule has 0 bridgehead atoms. The highest BCUT2D eigenvalue weighted by Gasteiger charge is 2.16. The van der Waals surface area contributed by atoms with Crippen LogP contribution in [0.1, 0.15) is 25.2 Å². The van der Waals surface area contributed by atoms with Gasteiger partial charge in [-0.1, -0.05) is 73.6 Å². The zero-order chi connectivity index (χ0) is 19.9. The third kappa shape index (κ3) is 5.59.